The maximum absolute atomic E-state index is 5.76. The zero-order valence-corrected chi connectivity index (χ0v) is 13.1. The molecule has 2 fully saturated rings. The molecule has 2 atom stereocenters. The zero-order chi connectivity index (χ0) is 15.3. The van der Waals surface area contributed by atoms with Gasteiger partial charge in [0, 0.05) is 19.1 Å². The monoisotopic (exact) mass is 311 g/mol. The Morgan fingerprint density at radius 2 is 2.00 bits per heavy atom. The number of hydrogen-bond donors (Lipinski definition) is 1. The van der Waals surface area contributed by atoms with Crippen LogP contribution in [-0.4, -0.2) is 36.4 Å². The van der Waals surface area contributed by atoms with Crippen LogP contribution in [0.1, 0.15) is 35.2 Å². The van der Waals surface area contributed by atoms with Gasteiger partial charge in [0.05, 0.1) is 12.0 Å². The first kappa shape index (κ1) is 13.7. The maximum atomic E-state index is 5.76. The number of rotatable bonds is 2. The van der Waals surface area contributed by atoms with E-state index in [2.05, 4.69) is 34.7 Å². The second-order valence-corrected chi connectivity index (χ2v) is 7.16. The van der Waals surface area contributed by atoms with Crippen LogP contribution in [0.2, 0.25) is 0 Å². The average Bonchev–Trinajstić information content (AvgIpc) is 3.31. The smallest absolute Gasteiger partial charge is 0.236 e. The van der Waals surface area contributed by atoms with E-state index in [1.54, 1.807) is 0 Å². The fourth-order valence-electron chi connectivity index (χ4n) is 4.49. The summed E-state index contributed by atoms with van der Waals surface area (Å²) in [6.45, 7) is 3.43. The Labute approximate surface area is 135 Å². The second-order valence-electron chi connectivity index (χ2n) is 7.16. The Morgan fingerprint density at radius 1 is 1.17 bits per heavy atom. The first-order chi connectivity index (χ1) is 11.4. The molecule has 3 aliphatic rings. The number of benzene rings is 1. The van der Waals surface area contributed by atoms with Crippen molar-refractivity contribution in [2.45, 2.75) is 30.6 Å². The Bertz CT molecular complexity index is 704. The number of nitrogens with zero attached hydrogens (tertiary/aromatic N) is 2. The van der Waals surface area contributed by atoms with Gasteiger partial charge in [-0.05, 0) is 42.9 Å². The normalized spacial score (nSPS) is 30.3. The van der Waals surface area contributed by atoms with Gasteiger partial charge in [0.25, 0.3) is 0 Å². The van der Waals surface area contributed by atoms with Crippen molar-refractivity contribution in [2.24, 2.45) is 5.92 Å². The lowest BCUT2D eigenvalue weighted by Crippen LogP contribution is -2.44. The van der Waals surface area contributed by atoms with Crippen molar-refractivity contribution in [2.75, 3.05) is 26.3 Å². The van der Waals surface area contributed by atoms with E-state index in [0.29, 0.717) is 18.4 Å². The molecule has 2 saturated heterocycles. The molecular formula is C18H21N3O2. The number of nitrogens with one attached hydrogen (secondary N) is 1. The summed E-state index contributed by atoms with van der Waals surface area (Å²) in [5, 5.41) is 7.83. The highest BCUT2D eigenvalue weighted by Crippen LogP contribution is 2.41. The maximum Gasteiger partial charge on any atom is 0.236 e. The summed E-state index contributed by atoms with van der Waals surface area (Å²) in [5.74, 6) is 2.53. The quantitative estimate of drug-likeness (QED) is 0.917. The van der Waals surface area contributed by atoms with E-state index >= 15 is 0 Å². The van der Waals surface area contributed by atoms with Crippen molar-refractivity contribution in [1.29, 1.82) is 0 Å². The van der Waals surface area contributed by atoms with Crippen molar-refractivity contribution < 1.29 is 9.26 Å². The highest BCUT2D eigenvalue weighted by molar-refractivity contribution is 5.35. The molecule has 0 radical (unpaired) electrons. The lowest BCUT2D eigenvalue weighted by atomic mass is 9.75. The Balaban J connectivity index is 1.43. The van der Waals surface area contributed by atoms with Gasteiger partial charge in [-0.2, -0.15) is 4.98 Å². The van der Waals surface area contributed by atoms with E-state index in [1.807, 2.05) is 0 Å². The van der Waals surface area contributed by atoms with Crippen molar-refractivity contribution in [3.8, 4) is 0 Å². The van der Waals surface area contributed by atoms with Gasteiger partial charge in [-0.15, -0.1) is 0 Å². The highest BCUT2D eigenvalue weighted by atomic mass is 16.5. The standard InChI is InChI=1S/C18H21N3O2/c1-2-4-13-8-14(7-12(13)3-1)16-20-17(23-21-16)18-10-19-9-15(18)5-6-22-11-18/h1-4,14-15,19H,5-11H2/t15-,18+/m1/s1. The number of aromatic nitrogens is 2. The van der Waals surface area contributed by atoms with Gasteiger partial charge >= 0.3 is 0 Å². The molecule has 0 bridgehead atoms. The molecule has 120 valence electrons. The van der Waals surface area contributed by atoms with Crippen LogP contribution < -0.4 is 5.32 Å². The van der Waals surface area contributed by atoms with Crippen LogP contribution in [0.5, 0.6) is 0 Å². The molecule has 5 nitrogen and oxygen atoms in total. The second kappa shape index (κ2) is 5.14. The number of hydrogen-bond acceptors (Lipinski definition) is 5. The van der Waals surface area contributed by atoms with E-state index < -0.39 is 0 Å². The minimum absolute atomic E-state index is 0.116. The lowest BCUT2D eigenvalue weighted by molar-refractivity contribution is 0.00198. The largest absolute Gasteiger partial charge is 0.380 e. The number of ether oxygens (including phenoxy) is 1. The molecule has 23 heavy (non-hydrogen) atoms. The van der Waals surface area contributed by atoms with Crippen molar-refractivity contribution in [3.05, 3.63) is 47.1 Å². The van der Waals surface area contributed by atoms with Gasteiger partial charge in [0.1, 0.15) is 0 Å². The van der Waals surface area contributed by atoms with Gasteiger partial charge in [0.15, 0.2) is 5.82 Å². The molecule has 5 heteroatoms. The summed E-state index contributed by atoms with van der Waals surface area (Å²) < 4.78 is 11.5. The summed E-state index contributed by atoms with van der Waals surface area (Å²) in [7, 11) is 0. The Morgan fingerprint density at radius 3 is 2.83 bits per heavy atom. The molecule has 1 aromatic carbocycles. The van der Waals surface area contributed by atoms with Crippen molar-refractivity contribution in [3.63, 3.8) is 0 Å². The van der Waals surface area contributed by atoms with Crippen molar-refractivity contribution >= 4 is 0 Å². The molecule has 0 unspecified atom stereocenters. The summed E-state index contributed by atoms with van der Waals surface area (Å²) in [6.07, 6.45) is 3.10. The van der Waals surface area contributed by atoms with Crippen LogP contribution >= 0.6 is 0 Å². The van der Waals surface area contributed by atoms with Crippen molar-refractivity contribution in [1.82, 2.24) is 15.5 Å². The van der Waals surface area contributed by atoms with E-state index in [-0.39, 0.29) is 5.41 Å². The van der Waals surface area contributed by atoms with Crippen LogP contribution in [0.3, 0.4) is 0 Å². The van der Waals surface area contributed by atoms with Crippen LogP contribution in [0.25, 0.3) is 0 Å². The fourth-order valence-corrected chi connectivity index (χ4v) is 4.49. The van der Waals surface area contributed by atoms with E-state index in [4.69, 9.17) is 14.2 Å². The molecule has 0 spiro atoms. The summed E-state index contributed by atoms with van der Waals surface area (Å²) >= 11 is 0. The molecule has 5 rings (SSSR count). The van der Waals surface area contributed by atoms with Gasteiger partial charge in [-0.1, -0.05) is 29.4 Å². The highest BCUT2D eigenvalue weighted by Gasteiger charge is 2.50. The first-order valence-corrected chi connectivity index (χ1v) is 8.54. The third-order valence-corrected chi connectivity index (χ3v) is 5.87. The van der Waals surface area contributed by atoms with E-state index in [0.717, 1.165) is 50.7 Å². The predicted octanol–water partition coefficient (Wildman–Crippen LogP) is 1.83. The summed E-state index contributed by atoms with van der Waals surface area (Å²) in [6, 6.07) is 8.63. The SMILES string of the molecule is c1ccc2c(c1)CC(c1noc([C@]34CNC[C@H]3CCOC4)n1)C2. The molecule has 0 amide bonds. The van der Waals surface area contributed by atoms with Crippen LogP contribution in [-0.2, 0) is 23.0 Å². The van der Waals surface area contributed by atoms with Crippen LogP contribution in [0, 0.1) is 5.92 Å². The molecule has 1 aromatic heterocycles. The average molecular weight is 311 g/mol. The molecular weight excluding hydrogens is 290 g/mol. The lowest BCUT2D eigenvalue weighted by Gasteiger charge is -2.34. The molecule has 0 saturated carbocycles. The third-order valence-electron chi connectivity index (χ3n) is 5.87. The Hall–Kier alpha value is -1.72. The zero-order valence-electron chi connectivity index (χ0n) is 13.1. The molecule has 3 heterocycles. The van der Waals surface area contributed by atoms with Gasteiger partial charge in [-0.25, -0.2) is 0 Å². The predicted molar refractivity (Wildman–Crippen MR) is 84.4 cm³/mol. The van der Waals surface area contributed by atoms with E-state index in [9.17, 15) is 0 Å². The van der Waals surface area contributed by atoms with Gasteiger partial charge < -0.3 is 14.6 Å². The summed E-state index contributed by atoms with van der Waals surface area (Å²) in [5.41, 5.74) is 2.72. The molecule has 2 aromatic rings. The molecule has 1 N–H and O–H groups in total. The topological polar surface area (TPSA) is 60.2 Å². The molecule has 1 aliphatic carbocycles. The fraction of sp³-hybridized carbons (Fsp3) is 0.556. The number of fused-ring (bicyclic) bond motifs is 2. The Kier molecular flexibility index (Phi) is 3.06. The van der Waals surface area contributed by atoms with Crippen LogP contribution in [0.15, 0.2) is 28.8 Å². The minimum Gasteiger partial charge on any atom is -0.380 e. The van der Waals surface area contributed by atoms with Crippen LogP contribution in [0.4, 0.5) is 0 Å². The third kappa shape index (κ3) is 2.07. The van der Waals surface area contributed by atoms with Gasteiger partial charge in [0.2, 0.25) is 5.89 Å². The van der Waals surface area contributed by atoms with Gasteiger partial charge in [-0.3, -0.25) is 0 Å². The van der Waals surface area contributed by atoms with E-state index in [1.165, 1.54) is 11.1 Å². The first-order valence-electron chi connectivity index (χ1n) is 8.54. The summed E-state index contributed by atoms with van der Waals surface area (Å²) in [4.78, 5) is 4.83. The minimum atomic E-state index is -0.116. The molecule has 2 aliphatic heterocycles.